The monoisotopic (exact) mass is 302 g/mol. The van der Waals surface area contributed by atoms with Crippen LogP contribution in [0, 0.1) is 6.92 Å². The molecule has 0 aliphatic carbocycles. The normalized spacial score (nSPS) is 11.2. The Balaban J connectivity index is 1.88. The van der Waals surface area contributed by atoms with Crippen molar-refractivity contribution in [3.8, 4) is 5.75 Å². The van der Waals surface area contributed by atoms with Gasteiger partial charge in [-0.25, -0.2) is 0 Å². The third-order valence-corrected chi connectivity index (χ3v) is 3.45. The first-order valence-electron chi connectivity index (χ1n) is 7.60. The highest BCUT2D eigenvalue weighted by Crippen LogP contribution is 2.15. The van der Waals surface area contributed by atoms with Crippen molar-refractivity contribution in [3.63, 3.8) is 0 Å². The number of aryl methyl sites for hydroxylation is 1. The molecule has 0 aliphatic rings. The SMILES string of the molecule is C=C(/C=C/c1ccc(C)cc1)CC(=C)/C=C/c1ccc(O)cc1. The van der Waals surface area contributed by atoms with Gasteiger partial charge in [0.1, 0.15) is 5.75 Å². The molecule has 2 aromatic rings. The summed E-state index contributed by atoms with van der Waals surface area (Å²) < 4.78 is 0. The Morgan fingerprint density at radius 1 is 0.826 bits per heavy atom. The van der Waals surface area contributed by atoms with E-state index in [0.29, 0.717) is 0 Å². The summed E-state index contributed by atoms with van der Waals surface area (Å²) in [4.78, 5) is 0. The van der Waals surface area contributed by atoms with Crippen molar-refractivity contribution in [2.45, 2.75) is 13.3 Å². The highest BCUT2D eigenvalue weighted by molar-refractivity contribution is 5.56. The van der Waals surface area contributed by atoms with Crippen molar-refractivity contribution in [2.75, 3.05) is 0 Å². The van der Waals surface area contributed by atoms with Gasteiger partial charge in [-0.15, -0.1) is 0 Å². The smallest absolute Gasteiger partial charge is 0.115 e. The van der Waals surface area contributed by atoms with E-state index in [1.165, 1.54) is 11.1 Å². The van der Waals surface area contributed by atoms with Gasteiger partial charge in [0.15, 0.2) is 0 Å². The Morgan fingerprint density at radius 3 is 1.74 bits per heavy atom. The quantitative estimate of drug-likeness (QED) is 0.656. The number of hydrogen-bond acceptors (Lipinski definition) is 1. The van der Waals surface area contributed by atoms with Crippen molar-refractivity contribution in [1.82, 2.24) is 0 Å². The molecule has 1 N–H and O–H groups in total. The van der Waals surface area contributed by atoms with Gasteiger partial charge in [0.25, 0.3) is 0 Å². The molecule has 116 valence electrons. The first-order valence-corrected chi connectivity index (χ1v) is 7.60. The summed E-state index contributed by atoms with van der Waals surface area (Å²) in [5.74, 6) is 0.274. The summed E-state index contributed by atoms with van der Waals surface area (Å²) in [5, 5.41) is 9.26. The molecule has 1 nitrogen and oxygen atoms in total. The molecule has 0 heterocycles. The molecule has 0 spiro atoms. The average Bonchev–Trinajstić information content (AvgIpc) is 2.54. The van der Waals surface area contributed by atoms with E-state index in [0.717, 1.165) is 23.1 Å². The number of allylic oxidation sites excluding steroid dienone is 4. The second-order valence-electron chi connectivity index (χ2n) is 5.66. The summed E-state index contributed by atoms with van der Waals surface area (Å²) in [6, 6.07) is 15.5. The molecule has 0 amide bonds. The minimum atomic E-state index is 0.274. The minimum absolute atomic E-state index is 0.274. The largest absolute Gasteiger partial charge is 0.508 e. The molecule has 0 unspecified atom stereocenters. The molecule has 0 atom stereocenters. The van der Waals surface area contributed by atoms with Crippen molar-refractivity contribution < 1.29 is 5.11 Å². The van der Waals surface area contributed by atoms with E-state index < -0.39 is 0 Å². The fourth-order valence-electron chi connectivity index (χ4n) is 2.10. The van der Waals surface area contributed by atoms with Crippen LogP contribution in [0.15, 0.2) is 85.0 Å². The first-order chi connectivity index (χ1) is 11.0. The highest BCUT2D eigenvalue weighted by atomic mass is 16.3. The Bertz CT molecular complexity index is 663. The minimum Gasteiger partial charge on any atom is -0.508 e. The van der Waals surface area contributed by atoms with Gasteiger partial charge in [-0.05, 0) is 36.6 Å². The van der Waals surface area contributed by atoms with Crippen molar-refractivity contribution in [2.24, 2.45) is 0 Å². The molecular weight excluding hydrogens is 280 g/mol. The van der Waals surface area contributed by atoms with Gasteiger partial charge in [-0.3, -0.25) is 0 Å². The van der Waals surface area contributed by atoms with Crippen molar-refractivity contribution >= 4 is 12.2 Å². The van der Waals surface area contributed by atoms with Crippen LogP contribution in [0.5, 0.6) is 5.75 Å². The standard InChI is InChI=1S/C22H22O/c1-17-4-8-20(9-5-17)10-6-18(2)16-19(3)7-11-21-12-14-22(23)15-13-21/h4-15,23H,2-3,16H2,1H3/b10-6+,11-7+. The van der Waals surface area contributed by atoms with E-state index in [1.807, 2.05) is 30.4 Å². The lowest BCUT2D eigenvalue weighted by molar-refractivity contribution is 0.475. The van der Waals surface area contributed by atoms with Crippen LogP contribution in [-0.2, 0) is 0 Å². The summed E-state index contributed by atoms with van der Waals surface area (Å²) in [6.45, 7) is 10.2. The lowest BCUT2D eigenvalue weighted by atomic mass is 10.0. The second kappa shape index (κ2) is 8.00. The predicted molar refractivity (Wildman–Crippen MR) is 100 cm³/mol. The van der Waals surface area contributed by atoms with Gasteiger partial charge in [-0.2, -0.15) is 0 Å². The van der Waals surface area contributed by atoms with E-state index >= 15 is 0 Å². The van der Waals surface area contributed by atoms with Crippen LogP contribution >= 0.6 is 0 Å². The fourth-order valence-corrected chi connectivity index (χ4v) is 2.10. The van der Waals surface area contributed by atoms with Gasteiger partial charge in [0.2, 0.25) is 0 Å². The molecule has 1 heteroatoms. The summed E-state index contributed by atoms with van der Waals surface area (Å²) >= 11 is 0. The van der Waals surface area contributed by atoms with Crippen LogP contribution in [0.2, 0.25) is 0 Å². The summed E-state index contributed by atoms with van der Waals surface area (Å²) in [7, 11) is 0. The Labute approximate surface area is 138 Å². The first kappa shape index (κ1) is 16.6. The number of rotatable bonds is 6. The maximum absolute atomic E-state index is 9.26. The molecule has 2 aromatic carbocycles. The number of hydrogen-bond donors (Lipinski definition) is 1. The zero-order chi connectivity index (χ0) is 16.7. The van der Waals surface area contributed by atoms with Gasteiger partial charge in [0.05, 0.1) is 0 Å². The maximum atomic E-state index is 9.26. The van der Waals surface area contributed by atoms with Gasteiger partial charge >= 0.3 is 0 Å². The lowest BCUT2D eigenvalue weighted by Gasteiger charge is -2.01. The zero-order valence-electron chi connectivity index (χ0n) is 13.5. The topological polar surface area (TPSA) is 20.2 Å². The molecule has 0 aliphatic heterocycles. The van der Waals surface area contributed by atoms with Crippen LogP contribution in [0.1, 0.15) is 23.1 Å². The molecule has 0 bridgehead atoms. The number of phenols is 1. The molecule has 0 saturated carbocycles. The van der Waals surface area contributed by atoms with E-state index in [1.54, 1.807) is 12.1 Å². The van der Waals surface area contributed by atoms with E-state index in [-0.39, 0.29) is 5.75 Å². The maximum Gasteiger partial charge on any atom is 0.115 e. The number of benzene rings is 2. The molecule has 0 fully saturated rings. The van der Waals surface area contributed by atoms with Gasteiger partial charge < -0.3 is 5.11 Å². The number of phenolic OH excluding ortho intramolecular Hbond substituents is 1. The van der Waals surface area contributed by atoms with Crippen molar-refractivity contribution in [3.05, 3.63) is 102 Å². The molecule has 23 heavy (non-hydrogen) atoms. The molecule has 0 saturated heterocycles. The summed E-state index contributed by atoms with van der Waals surface area (Å²) in [6.07, 6.45) is 8.80. The fraction of sp³-hybridized carbons (Fsp3) is 0.0909. The van der Waals surface area contributed by atoms with Crippen molar-refractivity contribution in [1.29, 1.82) is 0 Å². The third kappa shape index (κ3) is 5.84. The third-order valence-electron chi connectivity index (χ3n) is 3.45. The summed E-state index contributed by atoms with van der Waals surface area (Å²) in [5.41, 5.74) is 5.48. The lowest BCUT2D eigenvalue weighted by Crippen LogP contribution is -1.80. The molecule has 2 rings (SSSR count). The van der Waals surface area contributed by atoms with Crippen LogP contribution in [0.4, 0.5) is 0 Å². The van der Waals surface area contributed by atoms with E-state index in [9.17, 15) is 5.11 Å². The average molecular weight is 302 g/mol. The van der Waals surface area contributed by atoms with E-state index in [4.69, 9.17) is 0 Å². The van der Waals surface area contributed by atoms with Crippen LogP contribution in [0.25, 0.3) is 12.2 Å². The Hall–Kier alpha value is -2.80. The Morgan fingerprint density at radius 2 is 1.26 bits per heavy atom. The van der Waals surface area contributed by atoms with Crippen LogP contribution in [0.3, 0.4) is 0 Å². The zero-order valence-corrected chi connectivity index (χ0v) is 13.5. The van der Waals surface area contributed by atoms with Crippen LogP contribution < -0.4 is 0 Å². The van der Waals surface area contributed by atoms with Gasteiger partial charge in [-0.1, -0.05) is 90.6 Å². The molecule has 0 aromatic heterocycles. The van der Waals surface area contributed by atoms with Crippen LogP contribution in [-0.4, -0.2) is 5.11 Å². The highest BCUT2D eigenvalue weighted by Gasteiger charge is 1.94. The number of aromatic hydroxyl groups is 1. The second-order valence-corrected chi connectivity index (χ2v) is 5.66. The van der Waals surface area contributed by atoms with Gasteiger partial charge in [0, 0.05) is 0 Å². The Kier molecular flexibility index (Phi) is 5.76. The molecular formula is C22H22O. The van der Waals surface area contributed by atoms with E-state index in [2.05, 4.69) is 50.4 Å². The predicted octanol–water partition coefficient (Wildman–Crippen LogP) is 5.93. The molecule has 0 radical (unpaired) electrons.